The van der Waals surface area contributed by atoms with E-state index in [1.54, 1.807) is 28.3 Å². The predicted molar refractivity (Wildman–Crippen MR) is 91.3 cm³/mol. The van der Waals surface area contributed by atoms with Crippen LogP contribution in [0.15, 0.2) is 29.3 Å². The number of hydrogen-bond acceptors (Lipinski definition) is 4. The first kappa shape index (κ1) is 13.8. The Morgan fingerprint density at radius 2 is 2.05 bits per heavy atom. The van der Waals surface area contributed by atoms with Crippen LogP contribution in [0.25, 0.3) is 10.2 Å². The molecule has 1 aliphatic rings. The second-order valence-electron chi connectivity index (χ2n) is 5.59. The monoisotopic (exact) mass is 329 g/mol. The molecule has 0 radical (unpaired) electrons. The van der Waals surface area contributed by atoms with Crippen LogP contribution in [0.1, 0.15) is 28.8 Å². The quantitative estimate of drug-likeness (QED) is 0.733. The highest BCUT2D eigenvalue weighted by Gasteiger charge is 2.20. The molecule has 112 valence electrons. The van der Waals surface area contributed by atoms with Crippen LogP contribution in [-0.4, -0.2) is 14.5 Å². The van der Waals surface area contributed by atoms with E-state index in [2.05, 4.69) is 9.97 Å². The highest BCUT2D eigenvalue weighted by Crippen LogP contribution is 2.33. The minimum absolute atomic E-state index is 0.0370. The maximum atomic E-state index is 13.0. The number of hydrogen-bond donors (Lipinski definition) is 1. The molecule has 0 saturated carbocycles. The van der Waals surface area contributed by atoms with E-state index < -0.39 is 0 Å². The highest BCUT2D eigenvalue weighted by molar-refractivity contribution is 7.71. The van der Waals surface area contributed by atoms with E-state index in [0.29, 0.717) is 11.3 Å². The number of thiophene rings is 1. The number of aromatic nitrogens is 3. The van der Waals surface area contributed by atoms with Crippen LogP contribution >= 0.6 is 23.6 Å². The van der Waals surface area contributed by atoms with Crippen molar-refractivity contribution in [3.63, 3.8) is 0 Å². The fraction of sp³-hybridized carbons (Fsp3) is 0.312. The minimum atomic E-state index is 0.0370. The molecule has 1 aliphatic carbocycles. The number of H-pyrrole nitrogens is 1. The molecule has 0 amide bonds. The smallest absolute Gasteiger partial charge is 0.263 e. The molecule has 0 spiro atoms. The number of pyridine rings is 1. The van der Waals surface area contributed by atoms with Crippen molar-refractivity contribution in [2.75, 3.05) is 0 Å². The zero-order chi connectivity index (χ0) is 15.1. The molecule has 3 aromatic heterocycles. The number of rotatable bonds is 2. The fourth-order valence-corrected chi connectivity index (χ4v) is 4.68. The van der Waals surface area contributed by atoms with Gasteiger partial charge in [0, 0.05) is 17.3 Å². The zero-order valence-electron chi connectivity index (χ0n) is 12.0. The molecule has 0 aromatic carbocycles. The molecule has 0 bridgehead atoms. The normalized spacial score (nSPS) is 14.2. The van der Waals surface area contributed by atoms with Gasteiger partial charge in [0.2, 0.25) is 0 Å². The van der Waals surface area contributed by atoms with Crippen LogP contribution in [0.3, 0.4) is 0 Å². The number of nitrogens with one attached hydrogen (secondary N) is 1. The van der Waals surface area contributed by atoms with Crippen molar-refractivity contribution < 1.29 is 0 Å². The van der Waals surface area contributed by atoms with Gasteiger partial charge < -0.3 is 4.98 Å². The van der Waals surface area contributed by atoms with Crippen molar-refractivity contribution in [1.82, 2.24) is 14.5 Å². The molecular formula is C16H15N3OS2. The van der Waals surface area contributed by atoms with Gasteiger partial charge in [-0.3, -0.25) is 14.3 Å². The minimum Gasteiger partial charge on any atom is -0.323 e. The Kier molecular flexibility index (Phi) is 3.43. The van der Waals surface area contributed by atoms with E-state index in [-0.39, 0.29) is 5.56 Å². The molecule has 6 heteroatoms. The van der Waals surface area contributed by atoms with E-state index in [4.69, 9.17) is 12.2 Å². The Bertz CT molecular complexity index is 953. The van der Waals surface area contributed by atoms with E-state index in [0.717, 1.165) is 35.0 Å². The molecule has 0 saturated heterocycles. The molecule has 3 aromatic rings. The molecule has 0 aliphatic heterocycles. The summed E-state index contributed by atoms with van der Waals surface area (Å²) in [6.07, 6.45) is 7.93. The number of fused-ring (bicyclic) bond motifs is 3. The lowest BCUT2D eigenvalue weighted by Gasteiger charge is -2.11. The first-order valence-corrected chi connectivity index (χ1v) is 8.63. The maximum Gasteiger partial charge on any atom is 0.263 e. The second kappa shape index (κ2) is 5.44. The van der Waals surface area contributed by atoms with Gasteiger partial charge in [0.05, 0.1) is 11.9 Å². The Hall–Kier alpha value is -1.79. The molecule has 0 unspecified atom stereocenters. The third-order valence-corrected chi connectivity index (χ3v) is 5.72. The van der Waals surface area contributed by atoms with Crippen LogP contribution < -0.4 is 5.56 Å². The summed E-state index contributed by atoms with van der Waals surface area (Å²) in [7, 11) is 0. The fourth-order valence-electron chi connectivity index (χ4n) is 3.09. The van der Waals surface area contributed by atoms with Gasteiger partial charge in [-0.15, -0.1) is 11.3 Å². The van der Waals surface area contributed by atoms with Gasteiger partial charge in [-0.2, -0.15) is 0 Å². The lowest BCUT2D eigenvalue weighted by Crippen LogP contribution is -2.23. The van der Waals surface area contributed by atoms with Crippen molar-refractivity contribution in [2.45, 2.75) is 32.2 Å². The average Bonchev–Trinajstić information content (AvgIpc) is 2.90. The standard InChI is InChI=1S/C16H15N3OS2/c20-15-13-11-3-1-2-4-12(11)22-14(13)18-16(21)19(15)9-10-5-7-17-8-6-10/h5-8H,1-4,9H2,(H,18,21). The van der Waals surface area contributed by atoms with Gasteiger partial charge in [-0.05, 0) is 61.2 Å². The lowest BCUT2D eigenvalue weighted by molar-refractivity contribution is 0.696. The summed E-state index contributed by atoms with van der Waals surface area (Å²) in [5.41, 5.74) is 2.31. The van der Waals surface area contributed by atoms with Crippen molar-refractivity contribution >= 4 is 33.8 Å². The average molecular weight is 329 g/mol. The Morgan fingerprint density at radius 1 is 1.27 bits per heavy atom. The summed E-state index contributed by atoms with van der Waals surface area (Å²) >= 11 is 7.10. The van der Waals surface area contributed by atoms with Gasteiger partial charge in [0.1, 0.15) is 4.83 Å². The lowest BCUT2D eigenvalue weighted by atomic mass is 9.97. The van der Waals surface area contributed by atoms with Crippen molar-refractivity contribution in [1.29, 1.82) is 0 Å². The van der Waals surface area contributed by atoms with Crippen molar-refractivity contribution in [3.05, 3.63) is 55.7 Å². The molecule has 4 rings (SSSR count). The maximum absolute atomic E-state index is 13.0. The largest absolute Gasteiger partial charge is 0.323 e. The van der Waals surface area contributed by atoms with Gasteiger partial charge in [-0.1, -0.05) is 0 Å². The SMILES string of the molecule is O=c1c2c3c(sc2[nH]c(=S)n1Cc1ccncc1)CCCC3. The van der Waals surface area contributed by atoms with E-state index in [1.807, 2.05) is 12.1 Å². The van der Waals surface area contributed by atoms with E-state index in [1.165, 1.54) is 16.9 Å². The van der Waals surface area contributed by atoms with E-state index in [9.17, 15) is 4.79 Å². The summed E-state index contributed by atoms with van der Waals surface area (Å²) in [5, 5.41) is 0.849. The number of nitrogens with zero attached hydrogens (tertiary/aromatic N) is 2. The second-order valence-corrected chi connectivity index (χ2v) is 7.08. The highest BCUT2D eigenvalue weighted by atomic mass is 32.1. The Morgan fingerprint density at radius 3 is 2.86 bits per heavy atom. The molecule has 3 heterocycles. The molecule has 4 nitrogen and oxygen atoms in total. The summed E-state index contributed by atoms with van der Waals surface area (Å²) < 4.78 is 2.15. The first-order valence-electron chi connectivity index (χ1n) is 7.40. The topological polar surface area (TPSA) is 50.7 Å². The van der Waals surface area contributed by atoms with Crippen LogP contribution in [0, 0.1) is 4.77 Å². The third kappa shape index (κ3) is 2.23. The zero-order valence-corrected chi connectivity index (χ0v) is 13.6. The summed E-state index contributed by atoms with van der Waals surface area (Å²) in [4.78, 5) is 22.5. The summed E-state index contributed by atoms with van der Waals surface area (Å²) in [5.74, 6) is 0. The van der Waals surface area contributed by atoms with Gasteiger partial charge in [-0.25, -0.2) is 0 Å². The number of aromatic amines is 1. The Balaban J connectivity index is 1.92. The molecule has 0 fully saturated rings. The summed E-state index contributed by atoms with van der Waals surface area (Å²) in [6.45, 7) is 0.483. The van der Waals surface area contributed by atoms with Crippen molar-refractivity contribution in [3.8, 4) is 0 Å². The van der Waals surface area contributed by atoms with Gasteiger partial charge in [0.15, 0.2) is 4.77 Å². The van der Waals surface area contributed by atoms with Crippen LogP contribution in [0.5, 0.6) is 0 Å². The van der Waals surface area contributed by atoms with Gasteiger partial charge in [0.25, 0.3) is 5.56 Å². The first-order chi connectivity index (χ1) is 10.7. The van der Waals surface area contributed by atoms with Crippen LogP contribution in [0.4, 0.5) is 0 Å². The van der Waals surface area contributed by atoms with E-state index >= 15 is 0 Å². The predicted octanol–water partition coefficient (Wildman–Crippen LogP) is 3.44. The Labute approximate surface area is 136 Å². The molecule has 1 N–H and O–H groups in total. The summed E-state index contributed by atoms with van der Waals surface area (Å²) in [6, 6.07) is 3.82. The van der Waals surface area contributed by atoms with Gasteiger partial charge >= 0.3 is 0 Å². The number of aryl methyl sites for hydroxylation is 2. The van der Waals surface area contributed by atoms with Crippen LogP contribution in [0.2, 0.25) is 0 Å². The third-order valence-electron chi connectivity index (χ3n) is 4.19. The molecular weight excluding hydrogens is 314 g/mol. The van der Waals surface area contributed by atoms with Crippen molar-refractivity contribution in [2.24, 2.45) is 0 Å². The molecule has 0 atom stereocenters. The van der Waals surface area contributed by atoms with Crippen LogP contribution in [-0.2, 0) is 19.4 Å². The molecule has 22 heavy (non-hydrogen) atoms.